The quantitative estimate of drug-likeness (QED) is 0.492. The van der Waals surface area contributed by atoms with Crippen molar-refractivity contribution in [2.24, 2.45) is 0 Å². The molecule has 0 saturated heterocycles. The van der Waals surface area contributed by atoms with Gasteiger partial charge in [0.15, 0.2) is 0 Å². The fourth-order valence-corrected chi connectivity index (χ4v) is 4.01. The third kappa shape index (κ3) is 3.57. The second-order valence-electron chi connectivity index (χ2n) is 5.43. The number of alkyl halides is 3. The Labute approximate surface area is 165 Å². The summed E-state index contributed by atoms with van der Waals surface area (Å²) in [6, 6.07) is 5.74. The van der Waals surface area contributed by atoms with Crippen LogP contribution >= 0.6 is 46.1 Å². The minimum absolute atomic E-state index is 0.136. The molecule has 3 aromatic rings. The number of nitrogen functional groups attached to an aromatic ring is 1. The van der Waals surface area contributed by atoms with Gasteiger partial charge in [-0.25, -0.2) is 4.98 Å². The molecule has 1 amide bonds. The summed E-state index contributed by atoms with van der Waals surface area (Å²) in [5.41, 5.74) is 6.40. The number of hydrogen-bond acceptors (Lipinski definition) is 4. The molecule has 0 atom stereocenters. The summed E-state index contributed by atoms with van der Waals surface area (Å²) in [6.07, 6.45) is 0. The van der Waals surface area contributed by atoms with E-state index < -0.39 is 17.0 Å². The largest absolute Gasteiger partial charge is 0.397 e. The summed E-state index contributed by atoms with van der Waals surface area (Å²) in [5.74, 6) is -0.534. The van der Waals surface area contributed by atoms with E-state index in [2.05, 4.69) is 10.3 Å². The van der Waals surface area contributed by atoms with Gasteiger partial charge < -0.3 is 11.1 Å². The normalized spacial score (nSPS) is 11.8. The van der Waals surface area contributed by atoms with Gasteiger partial charge in [0.05, 0.1) is 16.4 Å². The molecule has 0 aliphatic rings. The molecule has 2 heterocycles. The van der Waals surface area contributed by atoms with Gasteiger partial charge in [0.25, 0.3) is 5.91 Å². The number of anilines is 2. The lowest BCUT2D eigenvalue weighted by molar-refractivity contribution is 0.0903. The number of aromatic nitrogens is 1. The van der Waals surface area contributed by atoms with Gasteiger partial charge in [0, 0.05) is 10.4 Å². The topological polar surface area (TPSA) is 68.0 Å². The average molecular weight is 437 g/mol. The zero-order chi connectivity index (χ0) is 19.2. The first kappa shape index (κ1) is 19.1. The Morgan fingerprint density at radius 3 is 2.62 bits per heavy atom. The van der Waals surface area contributed by atoms with Gasteiger partial charge in [-0.15, -0.1) is 11.3 Å². The summed E-state index contributed by atoms with van der Waals surface area (Å²) in [7, 11) is 0. The maximum Gasteiger partial charge on any atom is 0.364 e. The smallest absolute Gasteiger partial charge is 0.364 e. The molecular formula is C16H10Cl3F2N3OS. The van der Waals surface area contributed by atoms with Crippen LogP contribution in [0.15, 0.2) is 24.3 Å². The van der Waals surface area contributed by atoms with E-state index >= 15 is 0 Å². The highest BCUT2D eigenvalue weighted by Crippen LogP contribution is 2.39. The standard InChI is InChI=1S/C16H10Cl3F2N3OS/c1-6-4-10(16(19,20)21)24-15-11(6)12(22)13(26-15)14(25)23-9-3-2-7(17)5-8(9)18/h2-5H,22H2,1H3,(H,23,25). The number of hydrogen-bond donors (Lipinski definition) is 2. The fraction of sp³-hybridized carbons (Fsp3) is 0.125. The molecule has 26 heavy (non-hydrogen) atoms. The maximum absolute atomic E-state index is 13.4. The number of fused-ring (bicyclic) bond motifs is 1. The molecule has 0 aliphatic heterocycles. The van der Waals surface area contributed by atoms with Crippen LogP contribution < -0.4 is 11.1 Å². The van der Waals surface area contributed by atoms with E-state index in [4.69, 9.17) is 40.5 Å². The Bertz CT molecular complexity index is 1030. The van der Waals surface area contributed by atoms with Crippen LogP contribution in [0.4, 0.5) is 20.2 Å². The number of benzene rings is 1. The first-order chi connectivity index (χ1) is 12.1. The number of carbonyl (C=O) groups excluding carboxylic acids is 1. The molecule has 3 rings (SSSR count). The molecule has 0 unspecified atom stereocenters. The highest BCUT2D eigenvalue weighted by molar-refractivity contribution is 7.21. The van der Waals surface area contributed by atoms with E-state index in [1.54, 1.807) is 19.1 Å². The van der Waals surface area contributed by atoms with Crippen molar-refractivity contribution in [3.8, 4) is 0 Å². The van der Waals surface area contributed by atoms with E-state index in [1.165, 1.54) is 6.07 Å². The minimum Gasteiger partial charge on any atom is -0.397 e. The van der Waals surface area contributed by atoms with Crippen LogP contribution in [-0.2, 0) is 5.38 Å². The molecular weight excluding hydrogens is 427 g/mol. The predicted octanol–water partition coefficient (Wildman–Crippen LogP) is 6.03. The Hall–Kier alpha value is -1.67. The number of nitrogens with zero attached hydrogens (tertiary/aromatic N) is 1. The molecule has 136 valence electrons. The van der Waals surface area contributed by atoms with Crippen molar-refractivity contribution in [1.82, 2.24) is 4.98 Å². The van der Waals surface area contributed by atoms with Gasteiger partial charge in [-0.2, -0.15) is 8.78 Å². The third-order valence-corrected chi connectivity index (χ3v) is 5.41. The Morgan fingerprint density at radius 2 is 2.00 bits per heavy atom. The summed E-state index contributed by atoms with van der Waals surface area (Å²) in [6.45, 7) is 1.59. The average Bonchev–Trinajstić information content (AvgIpc) is 2.87. The number of thiophene rings is 1. The first-order valence-electron chi connectivity index (χ1n) is 7.11. The number of rotatable bonds is 3. The zero-order valence-electron chi connectivity index (χ0n) is 13.0. The molecule has 1 aromatic carbocycles. The van der Waals surface area contributed by atoms with Gasteiger partial charge in [-0.1, -0.05) is 23.2 Å². The molecule has 0 bridgehead atoms. The van der Waals surface area contributed by atoms with E-state index in [1.807, 2.05) is 0 Å². The van der Waals surface area contributed by atoms with Crippen LogP contribution in [-0.4, -0.2) is 10.9 Å². The van der Waals surface area contributed by atoms with Crippen molar-refractivity contribution in [3.05, 3.63) is 50.4 Å². The van der Waals surface area contributed by atoms with E-state index in [-0.39, 0.29) is 20.4 Å². The molecule has 0 spiro atoms. The number of nitrogens with two attached hydrogens (primary N) is 1. The van der Waals surface area contributed by atoms with Crippen LogP contribution in [0, 0.1) is 6.92 Å². The second-order valence-corrected chi connectivity index (χ2v) is 7.74. The van der Waals surface area contributed by atoms with Gasteiger partial charge in [-0.05, 0) is 48.4 Å². The Kier molecular flexibility index (Phi) is 5.00. The highest BCUT2D eigenvalue weighted by Gasteiger charge is 2.31. The molecule has 0 aliphatic carbocycles. The molecule has 10 heteroatoms. The number of carbonyl (C=O) groups is 1. The lowest BCUT2D eigenvalue weighted by Gasteiger charge is -2.08. The van der Waals surface area contributed by atoms with Crippen molar-refractivity contribution in [2.45, 2.75) is 12.3 Å². The van der Waals surface area contributed by atoms with E-state index in [9.17, 15) is 13.6 Å². The van der Waals surface area contributed by atoms with Crippen molar-refractivity contribution < 1.29 is 13.6 Å². The van der Waals surface area contributed by atoms with Gasteiger partial charge in [-0.3, -0.25) is 4.79 Å². The number of amides is 1. The lowest BCUT2D eigenvalue weighted by atomic mass is 10.1. The summed E-state index contributed by atoms with van der Waals surface area (Å²) >= 11 is 17.8. The summed E-state index contributed by atoms with van der Waals surface area (Å²) in [5, 5.41) is 0.115. The molecule has 0 fully saturated rings. The summed E-state index contributed by atoms with van der Waals surface area (Å²) < 4.78 is 26.7. The van der Waals surface area contributed by atoms with E-state index in [0.29, 0.717) is 21.7 Å². The van der Waals surface area contributed by atoms with Gasteiger partial charge >= 0.3 is 5.38 Å². The number of halogens is 5. The van der Waals surface area contributed by atoms with Crippen molar-refractivity contribution in [3.63, 3.8) is 0 Å². The molecule has 4 nitrogen and oxygen atoms in total. The highest BCUT2D eigenvalue weighted by atomic mass is 35.5. The Balaban J connectivity index is 2.03. The lowest BCUT2D eigenvalue weighted by Crippen LogP contribution is -2.12. The number of nitrogens with one attached hydrogen (secondary N) is 1. The van der Waals surface area contributed by atoms with E-state index in [0.717, 1.165) is 17.4 Å². The summed E-state index contributed by atoms with van der Waals surface area (Å²) in [4.78, 5) is 16.7. The predicted molar refractivity (Wildman–Crippen MR) is 103 cm³/mol. The van der Waals surface area contributed by atoms with Crippen LogP contribution in [0.2, 0.25) is 10.0 Å². The van der Waals surface area contributed by atoms with Crippen LogP contribution in [0.5, 0.6) is 0 Å². The van der Waals surface area contributed by atoms with Crippen LogP contribution in [0.3, 0.4) is 0 Å². The van der Waals surface area contributed by atoms with Crippen molar-refractivity contribution >= 4 is 73.6 Å². The van der Waals surface area contributed by atoms with Crippen LogP contribution in [0.25, 0.3) is 10.2 Å². The Morgan fingerprint density at radius 1 is 1.31 bits per heavy atom. The first-order valence-corrected chi connectivity index (χ1v) is 9.06. The molecule has 0 saturated carbocycles. The third-order valence-electron chi connectivity index (χ3n) is 3.57. The number of pyridine rings is 1. The SMILES string of the molecule is Cc1cc(C(F)(F)Cl)nc2sc(C(=O)Nc3ccc(Cl)cc3Cl)c(N)c12. The fourth-order valence-electron chi connectivity index (χ4n) is 2.39. The molecule has 0 radical (unpaired) electrons. The zero-order valence-corrected chi connectivity index (χ0v) is 16.1. The van der Waals surface area contributed by atoms with Gasteiger partial charge in [0.1, 0.15) is 15.4 Å². The monoisotopic (exact) mass is 435 g/mol. The molecule has 3 N–H and O–H groups in total. The molecule has 2 aromatic heterocycles. The minimum atomic E-state index is -3.61. The maximum atomic E-state index is 13.4. The van der Waals surface area contributed by atoms with Crippen molar-refractivity contribution in [1.29, 1.82) is 0 Å². The van der Waals surface area contributed by atoms with Crippen LogP contribution in [0.1, 0.15) is 20.9 Å². The van der Waals surface area contributed by atoms with Gasteiger partial charge in [0.2, 0.25) is 0 Å². The number of aryl methyl sites for hydroxylation is 1. The second kappa shape index (κ2) is 6.81. The van der Waals surface area contributed by atoms with Crippen molar-refractivity contribution in [2.75, 3.05) is 11.1 Å².